The highest BCUT2D eigenvalue weighted by Gasteiger charge is 2.28. The molecular formula is C17H24N2O3. The first-order chi connectivity index (χ1) is 10.7. The molecule has 3 rings (SSSR count). The van der Waals surface area contributed by atoms with Crippen LogP contribution in [0, 0.1) is 5.92 Å². The van der Waals surface area contributed by atoms with Crippen LogP contribution >= 0.6 is 0 Å². The molecule has 0 aromatic heterocycles. The van der Waals surface area contributed by atoms with Crippen LogP contribution in [0.1, 0.15) is 25.3 Å². The fraction of sp³-hybridized carbons (Fsp3) is 0.588. The number of amides is 1. The van der Waals surface area contributed by atoms with Crippen molar-refractivity contribution in [3.05, 3.63) is 23.8 Å². The van der Waals surface area contributed by atoms with Gasteiger partial charge in [0.15, 0.2) is 11.5 Å². The number of ether oxygens (including phenoxy) is 2. The molecule has 2 heterocycles. The summed E-state index contributed by atoms with van der Waals surface area (Å²) in [6.45, 7) is 4.72. The maximum Gasteiger partial charge on any atom is 0.227 e. The van der Waals surface area contributed by atoms with E-state index in [0.717, 1.165) is 36.4 Å². The summed E-state index contributed by atoms with van der Waals surface area (Å²) >= 11 is 0. The average Bonchev–Trinajstić information content (AvgIpc) is 2.54. The van der Waals surface area contributed by atoms with Crippen molar-refractivity contribution in [1.82, 2.24) is 4.90 Å². The van der Waals surface area contributed by atoms with Gasteiger partial charge >= 0.3 is 0 Å². The molecule has 1 fully saturated rings. The van der Waals surface area contributed by atoms with Crippen LogP contribution in [0.3, 0.4) is 0 Å². The maximum atomic E-state index is 12.6. The van der Waals surface area contributed by atoms with Crippen molar-refractivity contribution in [3.63, 3.8) is 0 Å². The summed E-state index contributed by atoms with van der Waals surface area (Å²) in [4.78, 5) is 14.6. The number of carbonyl (C=O) groups excluding carboxylic acids is 1. The molecule has 5 heteroatoms. The van der Waals surface area contributed by atoms with Gasteiger partial charge in [0.25, 0.3) is 0 Å². The Kier molecular flexibility index (Phi) is 4.52. The Bertz CT molecular complexity index is 547. The zero-order valence-corrected chi connectivity index (χ0v) is 13.1. The van der Waals surface area contributed by atoms with Gasteiger partial charge in [0.2, 0.25) is 5.91 Å². The van der Waals surface area contributed by atoms with Crippen molar-refractivity contribution in [2.45, 2.75) is 32.2 Å². The van der Waals surface area contributed by atoms with Crippen LogP contribution in [0.5, 0.6) is 11.5 Å². The number of likely N-dealkylation sites (tertiary alicyclic amines) is 1. The minimum Gasteiger partial charge on any atom is -0.486 e. The molecule has 2 atom stereocenters. The van der Waals surface area contributed by atoms with Crippen molar-refractivity contribution < 1.29 is 14.3 Å². The Morgan fingerprint density at radius 3 is 2.86 bits per heavy atom. The van der Waals surface area contributed by atoms with E-state index in [-0.39, 0.29) is 11.9 Å². The Morgan fingerprint density at radius 2 is 2.09 bits per heavy atom. The molecule has 2 unspecified atom stereocenters. The first kappa shape index (κ1) is 15.2. The second-order valence-corrected chi connectivity index (χ2v) is 6.26. The molecule has 2 N–H and O–H groups in total. The predicted molar refractivity (Wildman–Crippen MR) is 84.1 cm³/mol. The van der Waals surface area contributed by atoms with Gasteiger partial charge in [-0.1, -0.05) is 13.0 Å². The van der Waals surface area contributed by atoms with Gasteiger partial charge in [-0.25, -0.2) is 0 Å². The monoisotopic (exact) mass is 304 g/mol. The van der Waals surface area contributed by atoms with Crippen molar-refractivity contribution in [1.29, 1.82) is 0 Å². The molecule has 1 aromatic carbocycles. The van der Waals surface area contributed by atoms with E-state index in [9.17, 15) is 4.79 Å². The van der Waals surface area contributed by atoms with Gasteiger partial charge in [0.05, 0.1) is 6.42 Å². The molecule has 0 saturated carbocycles. The van der Waals surface area contributed by atoms with E-state index in [1.165, 1.54) is 0 Å². The summed E-state index contributed by atoms with van der Waals surface area (Å²) in [5.74, 6) is 2.29. The molecule has 0 bridgehead atoms. The highest BCUT2D eigenvalue weighted by atomic mass is 16.6. The molecule has 0 radical (unpaired) electrons. The normalized spacial score (nSPS) is 24.2. The van der Waals surface area contributed by atoms with Gasteiger partial charge in [-0.05, 0) is 36.5 Å². The zero-order chi connectivity index (χ0) is 15.5. The second-order valence-electron chi connectivity index (χ2n) is 6.26. The van der Waals surface area contributed by atoms with E-state index in [1.807, 2.05) is 23.1 Å². The number of nitrogens with zero attached hydrogens (tertiary/aromatic N) is 1. The number of piperidine rings is 1. The van der Waals surface area contributed by atoms with Crippen molar-refractivity contribution in [3.8, 4) is 11.5 Å². The summed E-state index contributed by atoms with van der Waals surface area (Å²) in [7, 11) is 0. The lowest BCUT2D eigenvalue weighted by atomic mass is 9.92. The van der Waals surface area contributed by atoms with Crippen molar-refractivity contribution in [2.75, 3.05) is 26.3 Å². The Balaban J connectivity index is 1.68. The van der Waals surface area contributed by atoms with Crippen molar-refractivity contribution in [2.24, 2.45) is 11.7 Å². The van der Waals surface area contributed by atoms with Gasteiger partial charge in [0.1, 0.15) is 13.2 Å². The quantitative estimate of drug-likeness (QED) is 0.921. The number of fused-ring (bicyclic) bond motifs is 1. The van der Waals surface area contributed by atoms with Crippen LogP contribution < -0.4 is 15.2 Å². The third kappa shape index (κ3) is 3.19. The largest absolute Gasteiger partial charge is 0.486 e. The highest BCUT2D eigenvalue weighted by molar-refractivity contribution is 5.79. The number of nitrogens with two attached hydrogens (primary N) is 1. The molecule has 120 valence electrons. The molecule has 1 saturated heterocycles. The molecular weight excluding hydrogens is 280 g/mol. The highest BCUT2D eigenvalue weighted by Crippen LogP contribution is 2.31. The van der Waals surface area contributed by atoms with E-state index in [2.05, 4.69) is 6.92 Å². The summed E-state index contributed by atoms with van der Waals surface area (Å²) in [6, 6.07) is 5.91. The number of hydrogen-bond acceptors (Lipinski definition) is 4. The van der Waals surface area contributed by atoms with Gasteiger partial charge in [0, 0.05) is 19.1 Å². The lowest BCUT2D eigenvalue weighted by Crippen LogP contribution is -2.49. The molecule has 2 aliphatic rings. The van der Waals surface area contributed by atoms with Gasteiger partial charge < -0.3 is 20.1 Å². The van der Waals surface area contributed by atoms with Crippen molar-refractivity contribution >= 4 is 5.91 Å². The van der Waals surface area contributed by atoms with E-state index in [1.54, 1.807) is 0 Å². The van der Waals surface area contributed by atoms with E-state index >= 15 is 0 Å². The summed E-state index contributed by atoms with van der Waals surface area (Å²) < 4.78 is 11.1. The molecule has 0 aliphatic carbocycles. The molecule has 1 amide bonds. The van der Waals surface area contributed by atoms with Crippen LogP contribution in [0.2, 0.25) is 0 Å². The molecule has 22 heavy (non-hydrogen) atoms. The van der Waals surface area contributed by atoms with Gasteiger partial charge in [-0.15, -0.1) is 0 Å². The molecule has 5 nitrogen and oxygen atoms in total. The third-order valence-electron chi connectivity index (χ3n) is 4.53. The molecule has 2 aliphatic heterocycles. The Morgan fingerprint density at radius 1 is 1.32 bits per heavy atom. The third-order valence-corrected chi connectivity index (χ3v) is 4.53. The first-order valence-corrected chi connectivity index (χ1v) is 8.05. The smallest absolute Gasteiger partial charge is 0.227 e. The van der Waals surface area contributed by atoms with Crippen LogP contribution in [0.25, 0.3) is 0 Å². The SMILES string of the molecule is CC1CCN(C(=O)Cc2ccc3c(c2)OCCO3)C(CN)C1. The fourth-order valence-electron chi connectivity index (χ4n) is 3.28. The van der Waals surface area contributed by atoms with E-state index in [4.69, 9.17) is 15.2 Å². The molecule has 0 spiro atoms. The lowest BCUT2D eigenvalue weighted by molar-refractivity contribution is -0.134. The average molecular weight is 304 g/mol. The number of benzene rings is 1. The predicted octanol–water partition coefficient (Wildman–Crippen LogP) is 1.59. The van der Waals surface area contributed by atoms with E-state index in [0.29, 0.717) is 32.1 Å². The Labute approximate surface area is 131 Å². The summed E-state index contributed by atoms with van der Waals surface area (Å²) in [6.07, 6.45) is 2.45. The lowest BCUT2D eigenvalue weighted by Gasteiger charge is -2.38. The minimum atomic E-state index is 0.152. The van der Waals surface area contributed by atoms with Gasteiger partial charge in [-0.2, -0.15) is 0 Å². The summed E-state index contributed by atoms with van der Waals surface area (Å²) in [5, 5.41) is 0. The zero-order valence-electron chi connectivity index (χ0n) is 13.1. The Hall–Kier alpha value is -1.75. The summed E-state index contributed by atoms with van der Waals surface area (Å²) in [5.41, 5.74) is 6.81. The fourth-order valence-corrected chi connectivity index (χ4v) is 3.28. The first-order valence-electron chi connectivity index (χ1n) is 8.05. The van der Waals surface area contributed by atoms with Crippen LogP contribution in [0.4, 0.5) is 0 Å². The standard InChI is InChI=1S/C17H24N2O3/c1-12-4-5-19(14(8-12)11-18)17(20)10-13-2-3-15-16(9-13)22-7-6-21-15/h2-3,9,12,14H,4-8,10-11,18H2,1H3. The maximum absolute atomic E-state index is 12.6. The minimum absolute atomic E-state index is 0.152. The number of hydrogen-bond donors (Lipinski definition) is 1. The second kappa shape index (κ2) is 6.57. The van der Waals surface area contributed by atoms with Gasteiger partial charge in [-0.3, -0.25) is 4.79 Å². The van der Waals surface area contributed by atoms with Crippen LogP contribution in [0.15, 0.2) is 18.2 Å². The van der Waals surface area contributed by atoms with E-state index < -0.39 is 0 Å². The molecule has 1 aromatic rings. The topological polar surface area (TPSA) is 64.8 Å². The van der Waals surface area contributed by atoms with Crippen LogP contribution in [-0.4, -0.2) is 43.2 Å². The number of rotatable bonds is 3. The number of carbonyl (C=O) groups is 1. The van der Waals surface area contributed by atoms with Crippen LogP contribution in [-0.2, 0) is 11.2 Å².